The van der Waals surface area contributed by atoms with Crippen LogP contribution in [0.4, 0.5) is 5.69 Å². The van der Waals surface area contributed by atoms with E-state index in [1.54, 1.807) is 67.6 Å². The zero-order valence-electron chi connectivity index (χ0n) is 21.0. The van der Waals surface area contributed by atoms with Crippen molar-refractivity contribution in [3.05, 3.63) is 95.1 Å². The molecule has 1 aliphatic heterocycles. The molecule has 1 amide bonds. The Balaban J connectivity index is 1.33. The van der Waals surface area contributed by atoms with Crippen LogP contribution in [0.25, 0.3) is 0 Å². The molecular weight excluding hydrogens is 490 g/mol. The Morgan fingerprint density at radius 3 is 2.19 bits per heavy atom. The molecule has 0 aliphatic carbocycles. The van der Waals surface area contributed by atoms with Gasteiger partial charge in [-0.3, -0.25) is 9.69 Å². The summed E-state index contributed by atoms with van der Waals surface area (Å²) in [5.74, 6) is -0.698. The first-order chi connectivity index (χ1) is 17.8. The average molecular weight is 522 g/mol. The molecule has 1 N–H and O–H groups in total. The van der Waals surface area contributed by atoms with Gasteiger partial charge in [-0.05, 0) is 61.4 Å². The molecule has 9 heteroatoms. The van der Waals surface area contributed by atoms with E-state index in [1.165, 1.54) is 4.31 Å². The SMILES string of the molecule is CCOC(=O)c1ccc(C)c(NC(=O)c2ccc(CN3CCN(S(=O)(=O)c4ccccc4)CC3)cc2)c1. The van der Waals surface area contributed by atoms with Crippen LogP contribution in [0.2, 0.25) is 0 Å². The molecule has 0 bridgehead atoms. The minimum absolute atomic E-state index is 0.268. The lowest BCUT2D eigenvalue weighted by atomic mass is 10.1. The summed E-state index contributed by atoms with van der Waals surface area (Å²) < 4.78 is 32.2. The zero-order valence-corrected chi connectivity index (χ0v) is 21.8. The minimum Gasteiger partial charge on any atom is -0.462 e. The molecule has 0 aromatic heterocycles. The average Bonchev–Trinajstić information content (AvgIpc) is 2.91. The summed E-state index contributed by atoms with van der Waals surface area (Å²) >= 11 is 0. The van der Waals surface area contributed by atoms with Crippen molar-refractivity contribution in [2.75, 3.05) is 38.1 Å². The van der Waals surface area contributed by atoms with Crippen LogP contribution in [0.3, 0.4) is 0 Å². The van der Waals surface area contributed by atoms with Gasteiger partial charge in [0.15, 0.2) is 0 Å². The Morgan fingerprint density at radius 1 is 0.892 bits per heavy atom. The third-order valence-electron chi connectivity index (χ3n) is 6.33. The molecule has 3 aromatic carbocycles. The van der Waals surface area contributed by atoms with Gasteiger partial charge in [-0.1, -0.05) is 36.4 Å². The Hall–Kier alpha value is -3.53. The molecule has 1 saturated heterocycles. The fourth-order valence-electron chi connectivity index (χ4n) is 4.18. The number of nitrogens with zero attached hydrogens (tertiary/aromatic N) is 2. The topological polar surface area (TPSA) is 96.0 Å². The van der Waals surface area contributed by atoms with Crippen LogP contribution in [0.1, 0.15) is 38.8 Å². The molecule has 0 atom stereocenters. The van der Waals surface area contributed by atoms with E-state index < -0.39 is 16.0 Å². The number of nitrogens with one attached hydrogen (secondary N) is 1. The van der Waals surface area contributed by atoms with E-state index in [0.717, 1.165) is 11.1 Å². The number of hydrogen-bond acceptors (Lipinski definition) is 6. The van der Waals surface area contributed by atoms with Crippen LogP contribution in [0, 0.1) is 6.92 Å². The van der Waals surface area contributed by atoms with Gasteiger partial charge in [0.05, 0.1) is 17.1 Å². The maximum absolute atomic E-state index is 12.8. The van der Waals surface area contributed by atoms with E-state index in [9.17, 15) is 18.0 Å². The third-order valence-corrected chi connectivity index (χ3v) is 8.24. The molecule has 3 aromatic rings. The molecule has 1 fully saturated rings. The number of rotatable bonds is 8. The summed E-state index contributed by atoms with van der Waals surface area (Å²) in [4.78, 5) is 27.4. The molecule has 0 spiro atoms. The first kappa shape index (κ1) is 26.5. The molecule has 194 valence electrons. The van der Waals surface area contributed by atoms with Gasteiger partial charge >= 0.3 is 5.97 Å². The molecule has 1 aliphatic rings. The van der Waals surface area contributed by atoms with Gasteiger partial charge in [-0.15, -0.1) is 0 Å². The number of amides is 1. The highest BCUT2D eigenvalue weighted by Crippen LogP contribution is 2.20. The molecule has 0 saturated carbocycles. The van der Waals surface area contributed by atoms with Gasteiger partial charge in [-0.25, -0.2) is 13.2 Å². The first-order valence-electron chi connectivity index (χ1n) is 12.2. The lowest BCUT2D eigenvalue weighted by Gasteiger charge is -2.34. The predicted molar refractivity (Wildman–Crippen MR) is 142 cm³/mol. The number of ether oxygens (including phenoxy) is 1. The number of carbonyl (C=O) groups excluding carboxylic acids is 2. The highest BCUT2D eigenvalue weighted by atomic mass is 32.2. The lowest BCUT2D eigenvalue weighted by Crippen LogP contribution is -2.48. The van der Waals surface area contributed by atoms with E-state index >= 15 is 0 Å². The number of carbonyl (C=O) groups is 2. The maximum atomic E-state index is 12.8. The number of aryl methyl sites for hydroxylation is 1. The van der Waals surface area contributed by atoms with Gasteiger partial charge in [0.2, 0.25) is 10.0 Å². The number of anilines is 1. The molecule has 4 rings (SSSR count). The van der Waals surface area contributed by atoms with Crippen molar-refractivity contribution in [2.45, 2.75) is 25.3 Å². The minimum atomic E-state index is -3.48. The smallest absolute Gasteiger partial charge is 0.338 e. The summed E-state index contributed by atoms with van der Waals surface area (Å²) in [5, 5.41) is 2.88. The van der Waals surface area contributed by atoms with Gasteiger partial charge in [0, 0.05) is 44.0 Å². The number of sulfonamides is 1. The van der Waals surface area contributed by atoms with Crippen LogP contribution < -0.4 is 5.32 Å². The van der Waals surface area contributed by atoms with Gasteiger partial charge in [-0.2, -0.15) is 4.31 Å². The Labute approximate surface area is 217 Å². The monoisotopic (exact) mass is 521 g/mol. The zero-order chi connectivity index (χ0) is 26.4. The number of hydrogen-bond donors (Lipinski definition) is 1. The molecule has 0 radical (unpaired) electrons. The summed E-state index contributed by atoms with van der Waals surface area (Å²) in [6.45, 7) is 6.68. The van der Waals surface area contributed by atoms with Gasteiger partial charge in [0.25, 0.3) is 5.91 Å². The molecular formula is C28H31N3O5S. The largest absolute Gasteiger partial charge is 0.462 e. The van der Waals surface area contributed by atoms with Crippen LogP contribution in [0.15, 0.2) is 77.7 Å². The molecule has 1 heterocycles. The second-order valence-corrected chi connectivity index (χ2v) is 10.8. The Morgan fingerprint density at radius 2 is 1.54 bits per heavy atom. The normalized spacial score (nSPS) is 14.8. The maximum Gasteiger partial charge on any atom is 0.338 e. The molecule has 37 heavy (non-hydrogen) atoms. The van der Waals surface area contributed by atoms with Crippen molar-refractivity contribution in [3.8, 4) is 0 Å². The first-order valence-corrected chi connectivity index (χ1v) is 13.7. The second-order valence-electron chi connectivity index (χ2n) is 8.89. The van der Waals surface area contributed by atoms with E-state index in [1.807, 2.05) is 19.1 Å². The van der Waals surface area contributed by atoms with Crippen LogP contribution >= 0.6 is 0 Å². The van der Waals surface area contributed by atoms with Crippen molar-refractivity contribution in [1.82, 2.24) is 9.21 Å². The van der Waals surface area contributed by atoms with Crippen molar-refractivity contribution in [3.63, 3.8) is 0 Å². The van der Waals surface area contributed by atoms with Crippen molar-refractivity contribution < 1.29 is 22.7 Å². The fraction of sp³-hybridized carbons (Fsp3) is 0.286. The van der Waals surface area contributed by atoms with Crippen molar-refractivity contribution >= 4 is 27.6 Å². The summed E-state index contributed by atoms with van der Waals surface area (Å²) in [5.41, 5.74) is 3.32. The van der Waals surface area contributed by atoms with Crippen LogP contribution in [-0.4, -0.2) is 62.3 Å². The Bertz CT molecular complexity index is 1350. The second kappa shape index (κ2) is 11.7. The van der Waals surface area contributed by atoms with Crippen LogP contribution in [0.5, 0.6) is 0 Å². The van der Waals surface area contributed by atoms with Crippen molar-refractivity contribution in [2.24, 2.45) is 0 Å². The molecule has 8 nitrogen and oxygen atoms in total. The summed E-state index contributed by atoms with van der Waals surface area (Å²) in [7, 11) is -3.48. The molecule has 0 unspecified atom stereocenters. The summed E-state index contributed by atoms with van der Waals surface area (Å²) in [6, 6.07) is 20.9. The van der Waals surface area contributed by atoms with E-state index in [4.69, 9.17) is 4.74 Å². The summed E-state index contributed by atoms with van der Waals surface area (Å²) in [6.07, 6.45) is 0. The lowest BCUT2D eigenvalue weighted by molar-refractivity contribution is 0.0526. The quantitative estimate of drug-likeness (QED) is 0.452. The van der Waals surface area contributed by atoms with Gasteiger partial charge in [0.1, 0.15) is 0 Å². The number of piperazine rings is 1. The Kier molecular flexibility index (Phi) is 8.38. The van der Waals surface area contributed by atoms with E-state index in [-0.39, 0.29) is 12.5 Å². The predicted octanol–water partition coefficient (Wildman–Crippen LogP) is 3.93. The highest BCUT2D eigenvalue weighted by Gasteiger charge is 2.28. The van der Waals surface area contributed by atoms with Crippen LogP contribution in [-0.2, 0) is 21.3 Å². The number of benzene rings is 3. The van der Waals surface area contributed by atoms with Gasteiger partial charge < -0.3 is 10.1 Å². The van der Waals surface area contributed by atoms with E-state index in [2.05, 4.69) is 10.2 Å². The fourth-order valence-corrected chi connectivity index (χ4v) is 5.63. The highest BCUT2D eigenvalue weighted by molar-refractivity contribution is 7.89. The van der Waals surface area contributed by atoms with Crippen molar-refractivity contribution in [1.29, 1.82) is 0 Å². The third kappa shape index (κ3) is 6.43. The standard InChI is InChI=1S/C28H31N3O5S/c1-3-36-28(33)24-12-9-21(2)26(19-24)29-27(32)23-13-10-22(11-14-23)20-30-15-17-31(18-16-30)37(34,35)25-7-5-4-6-8-25/h4-14,19H,3,15-18,20H2,1-2H3,(H,29,32). The number of esters is 1. The van der Waals surface area contributed by atoms with E-state index in [0.29, 0.717) is 54.4 Å².